The quantitative estimate of drug-likeness (QED) is 0.825. The van der Waals surface area contributed by atoms with E-state index in [1.807, 2.05) is 37.3 Å². The normalized spacial score (nSPS) is 11.2. The topological polar surface area (TPSA) is 28.4 Å². The highest BCUT2D eigenvalue weighted by molar-refractivity contribution is 6.31. The number of nitrogens with one attached hydrogen (secondary N) is 1. The molecule has 2 rings (SSSR count). The average Bonchev–Trinajstić information content (AvgIpc) is 2.86. The van der Waals surface area contributed by atoms with Crippen LogP contribution in [0, 0.1) is 6.92 Å². The third-order valence-electron chi connectivity index (χ3n) is 3.23. The molecule has 0 unspecified atom stereocenters. The Kier molecular flexibility index (Phi) is 5.24. The number of furan rings is 1. The maximum Gasteiger partial charge on any atom is 0.134 e. The SMILES string of the molecule is Cc1c(Cl)cccc1-c1ccc(CNCCN(C)C)o1. The third-order valence-corrected chi connectivity index (χ3v) is 3.64. The molecule has 2 aromatic rings. The van der Waals surface area contributed by atoms with Gasteiger partial charge in [-0.1, -0.05) is 23.7 Å². The summed E-state index contributed by atoms with van der Waals surface area (Å²) in [6, 6.07) is 9.89. The molecule has 0 radical (unpaired) electrons. The second-order valence-electron chi connectivity index (χ2n) is 5.16. The Labute approximate surface area is 125 Å². The lowest BCUT2D eigenvalue weighted by Gasteiger charge is -2.09. The van der Waals surface area contributed by atoms with Gasteiger partial charge < -0.3 is 14.6 Å². The summed E-state index contributed by atoms with van der Waals surface area (Å²) in [5, 5.41) is 4.13. The second kappa shape index (κ2) is 6.93. The van der Waals surface area contributed by atoms with Crippen molar-refractivity contribution in [3.63, 3.8) is 0 Å². The molecular formula is C16H21ClN2O. The van der Waals surface area contributed by atoms with Crippen molar-refractivity contribution in [3.8, 4) is 11.3 Å². The highest BCUT2D eigenvalue weighted by atomic mass is 35.5. The number of rotatable bonds is 6. The highest BCUT2D eigenvalue weighted by Crippen LogP contribution is 2.29. The van der Waals surface area contributed by atoms with Crippen molar-refractivity contribution in [2.24, 2.45) is 0 Å². The van der Waals surface area contributed by atoms with Crippen LogP contribution in [0.3, 0.4) is 0 Å². The summed E-state index contributed by atoms with van der Waals surface area (Å²) in [7, 11) is 4.13. The van der Waals surface area contributed by atoms with Crippen LogP contribution in [0.1, 0.15) is 11.3 Å². The zero-order valence-corrected chi connectivity index (χ0v) is 13.0. The van der Waals surface area contributed by atoms with Gasteiger partial charge in [-0.3, -0.25) is 0 Å². The molecule has 0 atom stereocenters. The van der Waals surface area contributed by atoms with E-state index in [-0.39, 0.29) is 0 Å². The number of hydrogen-bond donors (Lipinski definition) is 1. The third kappa shape index (κ3) is 3.85. The van der Waals surface area contributed by atoms with Gasteiger partial charge in [0.25, 0.3) is 0 Å². The lowest BCUT2D eigenvalue weighted by atomic mass is 10.1. The van der Waals surface area contributed by atoms with E-state index in [1.54, 1.807) is 0 Å². The lowest BCUT2D eigenvalue weighted by Crippen LogP contribution is -2.25. The van der Waals surface area contributed by atoms with Gasteiger partial charge in [-0.05, 0) is 44.8 Å². The van der Waals surface area contributed by atoms with Crippen molar-refractivity contribution in [2.75, 3.05) is 27.2 Å². The summed E-state index contributed by atoms with van der Waals surface area (Å²) in [5.41, 5.74) is 2.10. The van der Waals surface area contributed by atoms with Gasteiger partial charge in [-0.15, -0.1) is 0 Å². The molecule has 0 amide bonds. The van der Waals surface area contributed by atoms with E-state index in [2.05, 4.69) is 24.3 Å². The minimum atomic E-state index is 0.744. The average molecular weight is 293 g/mol. The summed E-state index contributed by atoms with van der Waals surface area (Å²) in [6.45, 7) is 4.71. The van der Waals surface area contributed by atoms with E-state index in [0.717, 1.165) is 47.3 Å². The first kappa shape index (κ1) is 15.1. The van der Waals surface area contributed by atoms with Gasteiger partial charge in [0, 0.05) is 23.7 Å². The Hall–Kier alpha value is -1.29. The molecule has 20 heavy (non-hydrogen) atoms. The zero-order chi connectivity index (χ0) is 14.5. The number of halogens is 1. The fourth-order valence-electron chi connectivity index (χ4n) is 2.01. The van der Waals surface area contributed by atoms with Crippen LogP contribution in [0.5, 0.6) is 0 Å². The van der Waals surface area contributed by atoms with Gasteiger partial charge in [0.1, 0.15) is 11.5 Å². The van der Waals surface area contributed by atoms with Crippen molar-refractivity contribution in [1.82, 2.24) is 10.2 Å². The smallest absolute Gasteiger partial charge is 0.134 e. The van der Waals surface area contributed by atoms with E-state index >= 15 is 0 Å². The Bertz CT molecular complexity index is 563. The van der Waals surface area contributed by atoms with Crippen molar-refractivity contribution in [2.45, 2.75) is 13.5 Å². The first-order valence-electron chi connectivity index (χ1n) is 6.77. The molecule has 0 fully saturated rings. The van der Waals surface area contributed by atoms with Gasteiger partial charge in [0.05, 0.1) is 6.54 Å². The van der Waals surface area contributed by atoms with Gasteiger partial charge in [-0.2, -0.15) is 0 Å². The van der Waals surface area contributed by atoms with Crippen LogP contribution in [0.2, 0.25) is 5.02 Å². The van der Waals surface area contributed by atoms with Gasteiger partial charge in [0.2, 0.25) is 0 Å². The molecular weight excluding hydrogens is 272 g/mol. The van der Waals surface area contributed by atoms with Crippen LogP contribution < -0.4 is 5.32 Å². The molecule has 4 heteroatoms. The summed E-state index contributed by atoms with van der Waals surface area (Å²) in [4.78, 5) is 2.15. The number of likely N-dealkylation sites (N-methyl/N-ethyl adjacent to an activating group) is 1. The van der Waals surface area contributed by atoms with Crippen LogP contribution in [0.4, 0.5) is 0 Å². The molecule has 0 aliphatic heterocycles. The van der Waals surface area contributed by atoms with E-state index in [4.69, 9.17) is 16.0 Å². The van der Waals surface area contributed by atoms with Crippen molar-refractivity contribution in [1.29, 1.82) is 0 Å². The predicted octanol–water partition coefficient (Wildman–Crippen LogP) is 3.56. The molecule has 0 spiro atoms. The van der Waals surface area contributed by atoms with E-state index in [0.29, 0.717) is 0 Å². The van der Waals surface area contributed by atoms with Crippen LogP contribution in [-0.4, -0.2) is 32.1 Å². The fourth-order valence-corrected chi connectivity index (χ4v) is 2.18. The zero-order valence-electron chi connectivity index (χ0n) is 12.2. The Balaban J connectivity index is 2.00. The lowest BCUT2D eigenvalue weighted by molar-refractivity contribution is 0.392. The first-order valence-corrected chi connectivity index (χ1v) is 7.15. The number of benzene rings is 1. The van der Waals surface area contributed by atoms with E-state index in [1.165, 1.54) is 0 Å². The predicted molar refractivity (Wildman–Crippen MR) is 84.2 cm³/mol. The van der Waals surface area contributed by atoms with Crippen molar-refractivity contribution in [3.05, 3.63) is 46.7 Å². The maximum absolute atomic E-state index is 6.14. The van der Waals surface area contributed by atoms with Crippen LogP contribution >= 0.6 is 11.6 Å². The fraction of sp³-hybridized carbons (Fsp3) is 0.375. The molecule has 0 bridgehead atoms. The molecule has 1 N–H and O–H groups in total. The Morgan fingerprint density at radius 3 is 2.75 bits per heavy atom. The van der Waals surface area contributed by atoms with Crippen molar-refractivity contribution >= 4 is 11.6 Å². The monoisotopic (exact) mass is 292 g/mol. The summed E-state index contributed by atoms with van der Waals surface area (Å²) in [6.07, 6.45) is 0. The molecule has 1 heterocycles. The Morgan fingerprint density at radius 2 is 2.00 bits per heavy atom. The molecule has 0 aliphatic carbocycles. The van der Waals surface area contributed by atoms with Crippen molar-refractivity contribution < 1.29 is 4.42 Å². The van der Waals surface area contributed by atoms with Gasteiger partial charge in [-0.25, -0.2) is 0 Å². The van der Waals surface area contributed by atoms with E-state index < -0.39 is 0 Å². The molecule has 3 nitrogen and oxygen atoms in total. The minimum absolute atomic E-state index is 0.744. The highest BCUT2D eigenvalue weighted by Gasteiger charge is 2.09. The molecule has 0 aliphatic rings. The molecule has 0 saturated heterocycles. The minimum Gasteiger partial charge on any atom is -0.460 e. The second-order valence-corrected chi connectivity index (χ2v) is 5.57. The Morgan fingerprint density at radius 1 is 1.20 bits per heavy atom. The molecule has 108 valence electrons. The standard InChI is InChI=1S/C16H21ClN2O/c1-12-14(5-4-6-15(12)17)16-8-7-13(20-16)11-18-9-10-19(2)3/h4-8,18H,9-11H2,1-3H3. The van der Waals surface area contributed by atoms with Crippen LogP contribution in [0.15, 0.2) is 34.7 Å². The number of hydrogen-bond acceptors (Lipinski definition) is 3. The molecule has 0 saturated carbocycles. The van der Waals surface area contributed by atoms with Gasteiger partial charge >= 0.3 is 0 Å². The summed E-state index contributed by atoms with van der Waals surface area (Å²) >= 11 is 6.14. The first-order chi connectivity index (χ1) is 9.58. The molecule has 1 aromatic heterocycles. The van der Waals surface area contributed by atoms with Crippen LogP contribution in [-0.2, 0) is 6.54 Å². The summed E-state index contributed by atoms with van der Waals surface area (Å²) < 4.78 is 5.88. The summed E-state index contributed by atoms with van der Waals surface area (Å²) in [5.74, 6) is 1.81. The van der Waals surface area contributed by atoms with Crippen LogP contribution in [0.25, 0.3) is 11.3 Å². The van der Waals surface area contributed by atoms with Gasteiger partial charge in [0.15, 0.2) is 0 Å². The largest absolute Gasteiger partial charge is 0.460 e. The van der Waals surface area contributed by atoms with E-state index in [9.17, 15) is 0 Å². The molecule has 1 aromatic carbocycles. The maximum atomic E-state index is 6.14. The number of nitrogens with zero attached hydrogens (tertiary/aromatic N) is 1.